The molecule has 1 atom stereocenters. The Hall–Kier alpha value is -0.760. The fourth-order valence-corrected chi connectivity index (χ4v) is 2.11. The van der Waals surface area contributed by atoms with Gasteiger partial charge in [-0.15, -0.1) is 0 Å². The summed E-state index contributed by atoms with van der Waals surface area (Å²) in [7, 11) is 0. The quantitative estimate of drug-likeness (QED) is 0.789. The average molecular weight is 223 g/mol. The molecular formula is C14H25NO. The molecule has 0 saturated carbocycles. The van der Waals surface area contributed by atoms with Crippen LogP contribution in [-0.4, -0.2) is 6.54 Å². The molecule has 0 amide bonds. The molecule has 0 fully saturated rings. The molecule has 1 heterocycles. The number of hydrogen-bond donors (Lipinski definition) is 1. The Kier molecular flexibility index (Phi) is 5.07. The van der Waals surface area contributed by atoms with Crippen LogP contribution in [0.1, 0.15) is 56.7 Å². The van der Waals surface area contributed by atoms with E-state index in [1.807, 2.05) is 6.92 Å². The van der Waals surface area contributed by atoms with E-state index in [9.17, 15) is 0 Å². The Balaban J connectivity index is 2.72. The van der Waals surface area contributed by atoms with Crippen LogP contribution in [0.25, 0.3) is 0 Å². The second kappa shape index (κ2) is 6.09. The van der Waals surface area contributed by atoms with E-state index in [0.29, 0.717) is 6.04 Å². The largest absolute Gasteiger partial charge is 0.466 e. The third-order valence-corrected chi connectivity index (χ3v) is 2.94. The van der Waals surface area contributed by atoms with Crippen molar-refractivity contribution in [2.45, 2.75) is 53.5 Å². The van der Waals surface area contributed by atoms with Crippen molar-refractivity contribution in [3.63, 3.8) is 0 Å². The Labute approximate surface area is 99.4 Å². The van der Waals surface area contributed by atoms with Crippen molar-refractivity contribution < 1.29 is 4.42 Å². The maximum atomic E-state index is 5.61. The van der Waals surface area contributed by atoms with Gasteiger partial charge in [0.25, 0.3) is 0 Å². The van der Waals surface area contributed by atoms with Gasteiger partial charge in [0.1, 0.15) is 11.5 Å². The summed E-state index contributed by atoms with van der Waals surface area (Å²) < 4.78 is 5.61. The van der Waals surface area contributed by atoms with E-state index in [1.165, 1.54) is 18.4 Å². The first-order valence-corrected chi connectivity index (χ1v) is 6.34. The summed E-state index contributed by atoms with van der Waals surface area (Å²) in [5, 5.41) is 3.55. The molecule has 1 aromatic rings. The van der Waals surface area contributed by atoms with Crippen molar-refractivity contribution in [3.05, 3.63) is 23.2 Å². The molecule has 0 aliphatic heterocycles. The van der Waals surface area contributed by atoms with E-state index in [0.717, 1.165) is 24.0 Å². The summed E-state index contributed by atoms with van der Waals surface area (Å²) in [6, 6.07) is 2.62. The average Bonchev–Trinajstić information content (AvgIpc) is 2.52. The van der Waals surface area contributed by atoms with Gasteiger partial charge in [-0.05, 0) is 45.2 Å². The molecule has 1 aromatic heterocycles. The van der Waals surface area contributed by atoms with Crippen LogP contribution < -0.4 is 5.32 Å². The van der Waals surface area contributed by atoms with E-state index >= 15 is 0 Å². The molecule has 0 radical (unpaired) electrons. The first-order chi connectivity index (χ1) is 7.54. The zero-order valence-corrected chi connectivity index (χ0v) is 11.3. The summed E-state index contributed by atoms with van der Waals surface area (Å²) in [5.41, 5.74) is 1.33. The van der Waals surface area contributed by atoms with Crippen molar-refractivity contribution in [1.29, 1.82) is 0 Å². The molecule has 92 valence electrons. The molecular weight excluding hydrogens is 198 g/mol. The molecule has 2 nitrogen and oxygen atoms in total. The first-order valence-electron chi connectivity index (χ1n) is 6.34. The van der Waals surface area contributed by atoms with Gasteiger partial charge in [0.2, 0.25) is 0 Å². The molecule has 0 aromatic carbocycles. The van der Waals surface area contributed by atoms with Gasteiger partial charge in [-0.2, -0.15) is 0 Å². The maximum Gasteiger partial charge on any atom is 0.105 e. The van der Waals surface area contributed by atoms with Gasteiger partial charge >= 0.3 is 0 Å². The maximum absolute atomic E-state index is 5.61. The summed E-state index contributed by atoms with van der Waals surface area (Å²) in [6.45, 7) is 11.8. The van der Waals surface area contributed by atoms with E-state index < -0.39 is 0 Å². The minimum atomic E-state index is 0.449. The molecule has 1 N–H and O–H groups in total. The van der Waals surface area contributed by atoms with Crippen LogP contribution in [-0.2, 0) is 0 Å². The normalized spacial score (nSPS) is 13.4. The highest BCUT2D eigenvalue weighted by molar-refractivity contribution is 5.24. The van der Waals surface area contributed by atoms with Crippen molar-refractivity contribution in [2.75, 3.05) is 6.54 Å². The summed E-state index contributed by atoms with van der Waals surface area (Å²) >= 11 is 0. The first kappa shape index (κ1) is 13.3. The van der Waals surface area contributed by atoms with Crippen molar-refractivity contribution in [2.24, 2.45) is 5.92 Å². The van der Waals surface area contributed by atoms with Gasteiger partial charge in [0, 0.05) is 11.6 Å². The molecule has 2 heteroatoms. The number of rotatable bonds is 6. The van der Waals surface area contributed by atoms with Crippen LogP contribution in [0, 0.1) is 19.8 Å². The molecule has 0 aliphatic carbocycles. The van der Waals surface area contributed by atoms with E-state index in [4.69, 9.17) is 4.42 Å². The Morgan fingerprint density at radius 1 is 1.25 bits per heavy atom. The summed E-state index contributed by atoms with van der Waals surface area (Å²) in [4.78, 5) is 0. The smallest absolute Gasteiger partial charge is 0.105 e. The van der Waals surface area contributed by atoms with Crippen LogP contribution in [0.5, 0.6) is 0 Å². The number of hydrogen-bond acceptors (Lipinski definition) is 2. The third kappa shape index (κ3) is 3.67. The predicted molar refractivity (Wildman–Crippen MR) is 68.7 cm³/mol. The van der Waals surface area contributed by atoms with Crippen molar-refractivity contribution in [1.82, 2.24) is 5.32 Å². The molecule has 1 rings (SSSR count). The van der Waals surface area contributed by atoms with Gasteiger partial charge in [-0.3, -0.25) is 0 Å². The lowest BCUT2D eigenvalue weighted by molar-refractivity contribution is 0.436. The monoisotopic (exact) mass is 223 g/mol. The zero-order chi connectivity index (χ0) is 12.1. The van der Waals surface area contributed by atoms with E-state index in [-0.39, 0.29) is 0 Å². The highest BCUT2D eigenvalue weighted by atomic mass is 16.3. The van der Waals surface area contributed by atoms with Crippen molar-refractivity contribution >= 4 is 0 Å². The lowest BCUT2D eigenvalue weighted by Crippen LogP contribution is -2.21. The summed E-state index contributed by atoms with van der Waals surface area (Å²) in [6.07, 6.45) is 2.44. The minimum Gasteiger partial charge on any atom is -0.466 e. The van der Waals surface area contributed by atoms with Crippen LogP contribution >= 0.6 is 0 Å². The van der Waals surface area contributed by atoms with Crippen LogP contribution in [0.15, 0.2) is 10.5 Å². The second-order valence-electron chi connectivity index (χ2n) is 4.95. The Bertz CT molecular complexity index is 315. The predicted octanol–water partition coefficient (Wildman–Crippen LogP) is 3.98. The third-order valence-electron chi connectivity index (χ3n) is 2.94. The minimum absolute atomic E-state index is 0.449. The molecule has 1 unspecified atom stereocenters. The fourth-order valence-electron chi connectivity index (χ4n) is 2.11. The lowest BCUT2D eigenvalue weighted by Gasteiger charge is -2.18. The molecule has 16 heavy (non-hydrogen) atoms. The van der Waals surface area contributed by atoms with E-state index in [1.54, 1.807) is 0 Å². The SMILES string of the molecule is CCNC(CCC(C)C)c1cc(C)oc1C. The Morgan fingerprint density at radius 2 is 1.94 bits per heavy atom. The van der Waals surface area contributed by atoms with Gasteiger partial charge in [0.05, 0.1) is 0 Å². The van der Waals surface area contributed by atoms with E-state index in [2.05, 4.69) is 39.1 Å². The fraction of sp³-hybridized carbons (Fsp3) is 0.714. The van der Waals surface area contributed by atoms with Gasteiger partial charge in [0.15, 0.2) is 0 Å². The Morgan fingerprint density at radius 3 is 2.38 bits per heavy atom. The molecule has 0 bridgehead atoms. The van der Waals surface area contributed by atoms with Gasteiger partial charge < -0.3 is 9.73 Å². The summed E-state index contributed by atoms with van der Waals surface area (Å²) in [5.74, 6) is 2.83. The highest BCUT2D eigenvalue weighted by Gasteiger charge is 2.16. The number of furan rings is 1. The van der Waals surface area contributed by atoms with Crippen LogP contribution in [0.2, 0.25) is 0 Å². The molecule has 0 aliphatic rings. The zero-order valence-electron chi connectivity index (χ0n) is 11.3. The number of nitrogens with one attached hydrogen (secondary N) is 1. The van der Waals surface area contributed by atoms with Crippen LogP contribution in [0.3, 0.4) is 0 Å². The second-order valence-corrected chi connectivity index (χ2v) is 4.95. The van der Waals surface area contributed by atoms with Gasteiger partial charge in [-0.25, -0.2) is 0 Å². The topological polar surface area (TPSA) is 25.2 Å². The number of aryl methyl sites for hydroxylation is 2. The lowest BCUT2D eigenvalue weighted by atomic mass is 9.98. The molecule has 0 saturated heterocycles. The standard InChI is InChI=1S/C14H25NO/c1-6-15-14(8-7-10(2)3)13-9-11(4)16-12(13)5/h9-10,14-15H,6-8H2,1-5H3. The highest BCUT2D eigenvalue weighted by Crippen LogP contribution is 2.26. The van der Waals surface area contributed by atoms with Gasteiger partial charge in [-0.1, -0.05) is 20.8 Å². The van der Waals surface area contributed by atoms with Crippen molar-refractivity contribution in [3.8, 4) is 0 Å². The van der Waals surface area contributed by atoms with Crippen LogP contribution in [0.4, 0.5) is 0 Å². The molecule has 0 spiro atoms.